The maximum atomic E-state index is 13.7. The van der Waals surface area contributed by atoms with Crippen molar-refractivity contribution in [3.63, 3.8) is 0 Å². The van der Waals surface area contributed by atoms with Gasteiger partial charge >= 0.3 is 5.97 Å². The molecule has 10 nitrogen and oxygen atoms in total. The molecule has 0 aliphatic heterocycles. The van der Waals surface area contributed by atoms with Gasteiger partial charge in [0.15, 0.2) is 17.3 Å². The third-order valence-corrected chi connectivity index (χ3v) is 7.89. The molecule has 2 aromatic heterocycles. The highest BCUT2D eigenvalue weighted by atomic mass is 35.5. The molecule has 6 rings (SSSR count). The lowest BCUT2D eigenvalue weighted by Gasteiger charge is -2.16. The molecule has 45 heavy (non-hydrogen) atoms. The summed E-state index contributed by atoms with van der Waals surface area (Å²) in [6.45, 7) is 0.116. The molecule has 4 N–H and O–H groups in total. The topological polar surface area (TPSA) is 138 Å². The van der Waals surface area contributed by atoms with Gasteiger partial charge in [-0.2, -0.15) is 5.10 Å². The molecule has 13 heteroatoms. The van der Waals surface area contributed by atoms with Crippen LogP contribution in [-0.4, -0.2) is 37.5 Å². The SMILES string of the molecule is O=C(O)c1ccc2c(c1)CC[C@@H]2NC(=O)c1cc(C(=O)NCc2ccc(F)c(F)c2)nc2c(CNc3ccccc3Cl)cnn12. The first-order chi connectivity index (χ1) is 21.7. The van der Waals surface area contributed by atoms with E-state index in [2.05, 4.69) is 26.0 Å². The normalized spacial score (nSPS) is 13.8. The summed E-state index contributed by atoms with van der Waals surface area (Å²) in [4.78, 5) is 42.9. The first-order valence-corrected chi connectivity index (χ1v) is 14.3. The van der Waals surface area contributed by atoms with E-state index in [0.717, 1.165) is 23.3 Å². The largest absolute Gasteiger partial charge is 0.478 e. The molecule has 228 valence electrons. The van der Waals surface area contributed by atoms with Crippen molar-refractivity contribution < 1.29 is 28.3 Å². The average molecular weight is 631 g/mol. The van der Waals surface area contributed by atoms with Crippen molar-refractivity contribution in [3.05, 3.63) is 129 Å². The summed E-state index contributed by atoms with van der Waals surface area (Å²) in [7, 11) is 0. The summed E-state index contributed by atoms with van der Waals surface area (Å²) in [5, 5.41) is 23.1. The van der Waals surface area contributed by atoms with Gasteiger partial charge in [-0.25, -0.2) is 23.1 Å². The molecule has 1 aliphatic rings. The van der Waals surface area contributed by atoms with E-state index in [1.807, 2.05) is 6.07 Å². The van der Waals surface area contributed by atoms with Crippen molar-refractivity contribution in [2.75, 3.05) is 5.32 Å². The number of benzene rings is 3. The quantitative estimate of drug-likeness (QED) is 0.173. The summed E-state index contributed by atoms with van der Waals surface area (Å²) in [6, 6.07) is 16.2. The van der Waals surface area contributed by atoms with Crippen LogP contribution in [0.2, 0.25) is 5.02 Å². The van der Waals surface area contributed by atoms with Crippen molar-refractivity contribution in [2.24, 2.45) is 0 Å². The zero-order valence-electron chi connectivity index (χ0n) is 23.5. The van der Waals surface area contributed by atoms with Crippen molar-refractivity contribution in [3.8, 4) is 0 Å². The van der Waals surface area contributed by atoms with E-state index < -0.39 is 29.4 Å². The Labute approximate surface area is 260 Å². The zero-order chi connectivity index (χ0) is 31.7. The molecule has 0 bridgehead atoms. The van der Waals surface area contributed by atoms with E-state index in [1.165, 1.54) is 28.9 Å². The van der Waals surface area contributed by atoms with Crippen LogP contribution in [0.1, 0.15) is 66.1 Å². The summed E-state index contributed by atoms with van der Waals surface area (Å²) < 4.78 is 28.4. The number of carboxylic acids is 1. The van der Waals surface area contributed by atoms with Gasteiger partial charge in [0, 0.05) is 24.7 Å². The molecule has 1 atom stereocenters. The number of halogens is 3. The maximum absolute atomic E-state index is 13.7. The number of amides is 2. The molecule has 2 amide bonds. The number of carboxylic acid groups (broad SMARTS) is 1. The average Bonchev–Trinajstić information content (AvgIpc) is 3.64. The predicted octanol–water partition coefficient (Wildman–Crippen LogP) is 5.32. The van der Waals surface area contributed by atoms with Gasteiger partial charge < -0.3 is 21.1 Å². The van der Waals surface area contributed by atoms with E-state index in [1.54, 1.807) is 30.3 Å². The minimum Gasteiger partial charge on any atom is -0.478 e. The molecular weight excluding hydrogens is 606 g/mol. The van der Waals surface area contributed by atoms with Crippen molar-refractivity contribution in [2.45, 2.75) is 32.0 Å². The Morgan fingerprint density at radius 2 is 1.80 bits per heavy atom. The monoisotopic (exact) mass is 630 g/mol. The number of anilines is 1. The number of carbonyl (C=O) groups is 3. The van der Waals surface area contributed by atoms with Gasteiger partial charge in [0.05, 0.1) is 28.5 Å². The Morgan fingerprint density at radius 1 is 0.978 bits per heavy atom. The standard InChI is InChI=1S/C32H25ClF2N6O4/c33-22-3-1-2-4-26(22)36-15-20-16-38-41-28(31(43)40-25-10-7-18-12-19(32(44)45)6-8-21(18)25)13-27(39-29(20)41)30(42)37-14-17-5-9-23(34)24(35)11-17/h1-6,8-9,11-13,16,25,36H,7,10,14-15H2,(H,37,42)(H,40,43)(H,44,45)/t25-/m0/s1. The Kier molecular flexibility index (Phi) is 8.14. The minimum absolute atomic E-state index is 0.0394. The lowest BCUT2D eigenvalue weighted by atomic mass is 10.0. The van der Waals surface area contributed by atoms with Gasteiger partial charge in [-0.3, -0.25) is 9.59 Å². The van der Waals surface area contributed by atoms with E-state index in [-0.39, 0.29) is 41.7 Å². The molecule has 0 radical (unpaired) electrons. The molecule has 0 unspecified atom stereocenters. The number of carbonyl (C=O) groups excluding carboxylic acids is 2. The van der Waals surface area contributed by atoms with Crippen LogP contribution in [0.25, 0.3) is 5.65 Å². The molecule has 0 fully saturated rings. The van der Waals surface area contributed by atoms with E-state index in [9.17, 15) is 28.3 Å². The van der Waals surface area contributed by atoms with E-state index >= 15 is 0 Å². The number of aromatic carboxylic acids is 1. The van der Waals surface area contributed by atoms with E-state index in [4.69, 9.17) is 11.6 Å². The van der Waals surface area contributed by atoms with Crippen LogP contribution < -0.4 is 16.0 Å². The number of fused-ring (bicyclic) bond motifs is 2. The van der Waals surface area contributed by atoms with Crippen LogP contribution in [0.15, 0.2) is 72.9 Å². The second kappa shape index (κ2) is 12.3. The summed E-state index contributed by atoms with van der Waals surface area (Å²) in [5.74, 6) is -4.24. The number of aryl methyl sites for hydroxylation is 1. The van der Waals surface area contributed by atoms with Crippen molar-refractivity contribution in [1.82, 2.24) is 25.2 Å². The maximum Gasteiger partial charge on any atom is 0.335 e. The number of aromatic nitrogens is 3. The van der Waals surface area contributed by atoms with Crippen LogP contribution in [0.3, 0.4) is 0 Å². The number of hydrogen-bond donors (Lipinski definition) is 4. The molecule has 1 aliphatic carbocycles. The summed E-state index contributed by atoms with van der Waals surface area (Å²) >= 11 is 6.28. The predicted molar refractivity (Wildman–Crippen MR) is 161 cm³/mol. The molecule has 3 aromatic carbocycles. The van der Waals surface area contributed by atoms with Gasteiger partial charge in [0.1, 0.15) is 11.4 Å². The highest BCUT2D eigenvalue weighted by molar-refractivity contribution is 6.33. The molecule has 0 saturated carbocycles. The molecular formula is C32H25ClF2N6O4. The minimum atomic E-state index is -1.04. The summed E-state index contributed by atoms with van der Waals surface area (Å²) in [5.41, 5.74) is 3.60. The van der Waals surface area contributed by atoms with E-state index in [0.29, 0.717) is 34.7 Å². The smallest absolute Gasteiger partial charge is 0.335 e. The molecule has 0 spiro atoms. The van der Waals surface area contributed by atoms with Crippen LogP contribution in [-0.2, 0) is 19.5 Å². The Balaban J connectivity index is 1.30. The first kappa shape index (κ1) is 29.7. The van der Waals surface area contributed by atoms with Gasteiger partial charge in [-0.1, -0.05) is 35.9 Å². The van der Waals surface area contributed by atoms with Crippen molar-refractivity contribution >= 4 is 40.7 Å². The van der Waals surface area contributed by atoms with Crippen LogP contribution in [0.4, 0.5) is 14.5 Å². The lowest BCUT2D eigenvalue weighted by Crippen LogP contribution is -2.30. The lowest BCUT2D eigenvalue weighted by molar-refractivity contribution is 0.0696. The zero-order valence-corrected chi connectivity index (χ0v) is 24.2. The number of hydrogen-bond acceptors (Lipinski definition) is 6. The second-order valence-electron chi connectivity index (χ2n) is 10.5. The van der Waals surface area contributed by atoms with Gasteiger partial charge in [0.25, 0.3) is 11.8 Å². The van der Waals surface area contributed by atoms with Gasteiger partial charge in [0.2, 0.25) is 0 Å². The van der Waals surface area contributed by atoms with Crippen LogP contribution in [0.5, 0.6) is 0 Å². The molecule has 2 heterocycles. The number of rotatable bonds is 9. The van der Waals surface area contributed by atoms with Crippen molar-refractivity contribution in [1.29, 1.82) is 0 Å². The Hall–Kier alpha value is -5.36. The molecule has 5 aromatic rings. The number of para-hydroxylation sites is 1. The number of nitrogens with zero attached hydrogens (tertiary/aromatic N) is 3. The van der Waals surface area contributed by atoms with Crippen LogP contribution in [0, 0.1) is 11.6 Å². The highest BCUT2D eigenvalue weighted by Crippen LogP contribution is 2.32. The fraction of sp³-hybridized carbons (Fsp3) is 0.156. The van der Waals surface area contributed by atoms with Gasteiger partial charge in [-0.05, 0) is 65.9 Å². The summed E-state index contributed by atoms with van der Waals surface area (Å²) in [6.07, 6.45) is 2.68. The molecule has 0 saturated heterocycles. The first-order valence-electron chi connectivity index (χ1n) is 13.9. The fourth-order valence-corrected chi connectivity index (χ4v) is 5.46. The van der Waals surface area contributed by atoms with Gasteiger partial charge in [-0.15, -0.1) is 0 Å². The second-order valence-corrected chi connectivity index (χ2v) is 10.9. The third kappa shape index (κ3) is 6.18. The van der Waals surface area contributed by atoms with Crippen LogP contribution >= 0.6 is 11.6 Å². The highest BCUT2D eigenvalue weighted by Gasteiger charge is 2.27. The fourth-order valence-electron chi connectivity index (χ4n) is 5.26. The third-order valence-electron chi connectivity index (χ3n) is 7.56. The Morgan fingerprint density at radius 3 is 2.58 bits per heavy atom. The Bertz CT molecular complexity index is 1980. The number of nitrogens with one attached hydrogen (secondary N) is 3.